The Hall–Kier alpha value is -2.55. The highest BCUT2D eigenvalue weighted by molar-refractivity contribution is 5.92. The van der Waals surface area contributed by atoms with Crippen molar-refractivity contribution in [2.45, 2.75) is 27.2 Å². The normalized spacial score (nSPS) is 10.7. The standard InChI is InChI=1S/C19H22N2O/c1-4-16-11-7-9-15(3)18(16)21-19(22)20-13-12-17-10-6-5-8-14(17)2/h5-13H,4H2,1-3H3,(H2,20,21,22)/b13-12+. The second-order valence-corrected chi connectivity index (χ2v) is 5.25. The molecule has 0 fully saturated rings. The van der Waals surface area contributed by atoms with E-state index in [0.29, 0.717) is 0 Å². The number of nitrogens with one attached hydrogen (secondary N) is 2. The molecular formula is C19H22N2O. The average molecular weight is 294 g/mol. The van der Waals surface area contributed by atoms with Gasteiger partial charge in [-0.3, -0.25) is 0 Å². The molecule has 0 aliphatic rings. The smallest absolute Gasteiger partial charge is 0.314 e. The highest BCUT2D eigenvalue weighted by Crippen LogP contribution is 2.20. The first-order chi connectivity index (χ1) is 10.6. The van der Waals surface area contributed by atoms with Crippen molar-refractivity contribution >= 4 is 17.8 Å². The number of hydrogen-bond donors (Lipinski definition) is 2. The molecule has 0 radical (unpaired) electrons. The second-order valence-electron chi connectivity index (χ2n) is 5.25. The van der Waals surface area contributed by atoms with Gasteiger partial charge in [0.25, 0.3) is 0 Å². The molecule has 3 nitrogen and oxygen atoms in total. The molecule has 0 aliphatic carbocycles. The van der Waals surface area contributed by atoms with Crippen LogP contribution in [0, 0.1) is 13.8 Å². The van der Waals surface area contributed by atoms with E-state index >= 15 is 0 Å². The van der Waals surface area contributed by atoms with Crippen LogP contribution in [0.2, 0.25) is 0 Å². The maximum absolute atomic E-state index is 12.0. The fraction of sp³-hybridized carbons (Fsp3) is 0.211. The zero-order valence-corrected chi connectivity index (χ0v) is 13.3. The number of rotatable bonds is 4. The highest BCUT2D eigenvalue weighted by atomic mass is 16.2. The van der Waals surface area contributed by atoms with Crippen LogP contribution in [0.5, 0.6) is 0 Å². The molecule has 2 amide bonds. The summed E-state index contributed by atoms with van der Waals surface area (Å²) in [5, 5.41) is 5.68. The first kappa shape index (κ1) is 15.8. The summed E-state index contributed by atoms with van der Waals surface area (Å²) in [4.78, 5) is 12.0. The Balaban J connectivity index is 2.01. The lowest BCUT2D eigenvalue weighted by molar-refractivity contribution is 0.255. The van der Waals surface area contributed by atoms with E-state index in [0.717, 1.165) is 28.8 Å². The molecule has 0 heterocycles. The van der Waals surface area contributed by atoms with Crippen LogP contribution in [-0.4, -0.2) is 6.03 Å². The first-order valence-corrected chi connectivity index (χ1v) is 7.50. The minimum absolute atomic E-state index is 0.228. The van der Waals surface area contributed by atoms with Crippen LogP contribution in [-0.2, 0) is 6.42 Å². The number of anilines is 1. The summed E-state index contributed by atoms with van der Waals surface area (Å²) in [7, 11) is 0. The topological polar surface area (TPSA) is 41.1 Å². The Labute approximate surface area is 132 Å². The molecule has 2 aromatic rings. The molecule has 0 unspecified atom stereocenters. The summed E-state index contributed by atoms with van der Waals surface area (Å²) in [6, 6.07) is 13.8. The zero-order chi connectivity index (χ0) is 15.9. The van der Waals surface area contributed by atoms with Gasteiger partial charge in [0, 0.05) is 11.9 Å². The van der Waals surface area contributed by atoms with Crippen molar-refractivity contribution in [2.24, 2.45) is 0 Å². The van der Waals surface area contributed by atoms with E-state index < -0.39 is 0 Å². The van der Waals surface area contributed by atoms with Gasteiger partial charge < -0.3 is 10.6 Å². The van der Waals surface area contributed by atoms with E-state index in [4.69, 9.17) is 0 Å². The Morgan fingerprint density at radius 3 is 2.50 bits per heavy atom. The van der Waals surface area contributed by atoms with Crippen LogP contribution in [0.4, 0.5) is 10.5 Å². The van der Waals surface area contributed by atoms with Gasteiger partial charge in [-0.15, -0.1) is 0 Å². The monoisotopic (exact) mass is 294 g/mol. The van der Waals surface area contributed by atoms with Gasteiger partial charge in [0.1, 0.15) is 0 Å². The van der Waals surface area contributed by atoms with Crippen molar-refractivity contribution in [3.63, 3.8) is 0 Å². The zero-order valence-electron chi connectivity index (χ0n) is 13.3. The van der Waals surface area contributed by atoms with Crippen molar-refractivity contribution in [1.29, 1.82) is 0 Å². The third-order valence-electron chi connectivity index (χ3n) is 3.64. The number of carbonyl (C=O) groups is 1. The maximum Gasteiger partial charge on any atom is 0.323 e. The quantitative estimate of drug-likeness (QED) is 0.846. The minimum atomic E-state index is -0.228. The third kappa shape index (κ3) is 3.98. The highest BCUT2D eigenvalue weighted by Gasteiger charge is 2.07. The first-order valence-electron chi connectivity index (χ1n) is 7.50. The van der Waals surface area contributed by atoms with Gasteiger partial charge in [0.2, 0.25) is 0 Å². The Morgan fingerprint density at radius 1 is 1.05 bits per heavy atom. The number of amides is 2. The number of para-hydroxylation sites is 1. The van der Waals surface area contributed by atoms with Crippen LogP contribution in [0.3, 0.4) is 0 Å². The molecule has 2 aromatic carbocycles. The lowest BCUT2D eigenvalue weighted by atomic mass is 10.1. The van der Waals surface area contributed by atoms with Crippen molar-refractivity contribution in [1.82, 2.24) is 5.32 Å². The van der Waals surface area contributed by atoms with Crippen LogP contribution in [0.1, 0.15) is 29.2 Å². The Morgan fingerprint density at radius 2 is 1.77 bits per heavy atom. The van der Waals surface area contributed by atoms with Crippen LogP contribution in [0.15, 0.2) is 48.7 Å². The summed E-state index contributed by atoms with van der Waals surface area (Å²) in [6.07, 6.45) is 4.45. The molecule has 3 heteroatoms. The summed E-state index contributed by atoms with van der Waals surface area (Å²) in [5.41, 5.74) is 5.36. The van der Waals surface area contributed by atoms with Crippen molar-refractivity contribution in [3.05, 3.63) is 70.9 Å². The number of aryl methyl sites for hydroxylation is 3. The molecule has 0 aromatic heterocycles. The molecule has 0 aliphatic heterocycles. The van der Waals surface area contributed by atoms with Crippen molar-refractivity contribution < 1.29 is 4.79 Å². The largest absolute Gasteiger partial charge is 0.323 e. The molecule has 0 saturated carbocycles. The lowest BCUT2D eigenvalue weighted by Gasteiger charge is -2.12. The van der Waals surface area contributed by atoms with Gasteiger partial charge in [-0.25, -0.2) is 4.79 Å². The molecule has 0 bridgehead atoms. The fourth-order valence-electron chi connectivity index (χ4n) is 2.33. The predicted octanol–water partition coefficient (Wildman–Crippen LogP) is 4.66. The van der Waals surface area contributed by atoms with Gasteiger partial charge in [-0.1, -0.05) is 49.4 Å². The fourth-order valence-corrected chi connectivity index (χ4v) is 2.33. The van der Waals surface area contributed by atoms with Crippen LogP contribution in [0.25, 0.3) is 6.08 Å². The van der Waals surface area contributed by atoms with Gasteiger partial charge in [-0.05, 0) is 48.6 Å². The molecular weight excluding hydrogens is 272 g/mol. The molecule has 114 valence electrons. The van der Waals surface area contributed by atoms with E-state index in [2.05, 4.69) is 17.6 Å². The summed E-state index contributed by atoms with van der Waals surface area (Å²) in [5.74, 6) is 0. The van der Waals surface area contributed by atoms with Gasteiger partial charge in [0.15, 0.2) is 0 Å². The number of hydrogen-bond acceptors (Lipinski definition) is 1. The van der Waals surface area contributed by atoms with Crippen molar-refractivity contribution in [3.8, 4) is 0 Å². The average Bonchev–Trinajstić information content (AvgIpc) is 2.51. The molecule has 22 heavy (non-hydrogen) atoms. The van der Waals surface area contributed by atoms with Crippen LogP contribution < -0.4 is 10.6 Å². The van der Waals surface area contributed by atoms with E-state index in [9.17, 15) is 4.79 Å². The number of urea groups is 1. The van der Waals surface area contributed by atoms with E-state index in [-0.39, 0.29) is 6.03 Å². The lowest BCUT2D eigenvalue weighted by Crippen LogP contribution is -2.24. The molecule has 0 saturated heterocycles. The summed E-state index contributed by atoms with van der Waals surface area (Å²) < 4.78 is 0. The molecule has 2 N–H and O–H groups in total. The summed E-state index contributed by atoms with van der Waals surface area (Å²) in [6.45, 7) is 6.12. The van der Waals surface area contributed by atoms with Gasteiger partial charge in [-0.2, -0.15) is 0 Å². The second kappa shape index (κ2) is 7.46. The van der Waals surface area contributed by atoms with Gasteiger partial charge in [0.05, 0.1) is 0 Å². The minimum Gasteiger partial charge on any atom is -0.314 e. The maximum atomic E-state index is 12.0. The van der Waals surface area contributed by atoms with E-state index in [1.165, 1.54) is 5.56 Å². The molecule has 2 rings (SSSR count). The van der Waals surface area contributed by atoms with E-state index in [1.54, 1.807) is 6.20 Å². The number of benzene rings is 2. The summed E-state index contributed by atoms with van der Waals surface area (Å²) >= 11 is 0. The predicted molar refractivity (Wildman–Crippen MR) is 92.9 cm³/mol. The third-order valence-corrected chi connectivity index (χ3v) is 3.64. The molecule has 0 spiro atoms. The van der Waals surface area contributed by atoms with Crippen molar-refractivity contribution in [2.75, 3.05) is 5.32 Å². The Kier molecular flexibility index (Phi) is 5.37. The van der Waals surface area contributed by atoms with Crippen LogP contribution >= 0.6 is 0 Å². The Bertz CT molecular complexity index is 690. The molecule has 0 atom stereocenters. The van der Waals surface area contributed by atoms with Gasteiger partial charge >= 0.3 is 6.03 Å². The number of carbonyl (C=O) groups excluding carboxylic acids is 1. The SMILES string of the molecule is CCc1cccc(C)c1NC(=O)N/C=C/c1ccccc1C. The van der Waals surface area contributed by atoms with E-state index in [1.807, 2.05) is 62.4 Å².